The van der Waals surface area contributed by atoms with Crippen LogP contribution < -0.4 is 4.90 Å². The van der Waals surface area contributed by atoms with Gasteiger partial charge in [-0.3, -0.25) is 0 Å². The van der Waals surface area contributed by atoms with E-state index in [9.17, 15) is 8.42 Å². The SMILES string of the molecule is Cc1cc(N2C[C@@H](C)O[C@@H](C)C2)ccc1CCC1CCC(CS(=O)(=O)C(C)C)CC1. The summed E-state index contributed by atoms with van der Waals surface area (Å²) in [6, 6.07) is 6.94. The monoisotopic (exact) mass is 435 g/mol. The molecule has 0 N–H and O–H groups in total. The average Bonchev–Trinajstić information content (AvgIpc) is 2.67. The van der Waals surface area contributed by atoms with E-state index >= 15 is 0 Å². The van der Waals surface area contributed by atoms with Crippen LogP contribution in [0, 0.1) is 18.8 Å². The molecule has 0 aromatic heterocycles. The molecule has 2 aliphatic rings. The van der Waals surface area contributed by atoms with Crippen molar-refractivity contribution in [2.24, 2.45) is 11.8 Å². The molecule has 0 bridgehead atoms. The molecule has 170 valence electrons. The minimum Gasteiger partial charge on any atom is -0.372 e. The Morgan fingerprint density at radius 3 is 2.20 bits per heavy atom. The van der Waals surface area contributed by atoms with Gasteiger partial charge in [0.1, 0.15) is 0 Å². The zero-order chi connectivity index (χ0) is 21.9. The smallest absolute Gasteiger partial charge is 0.152 e. The Kier molecular flexibility index (Phi) is 7.89. The van der Waals surface area contributed by atoms with Crippen LogP contribution >= 0.6 is 0 Å². The van der Waals surface area contributed by atoms with Gasteiger partial charge in [-0.05, 0) is 95.4 Å². The molecule has 1 aliphatic carbocycles. The van der Waals surface area contributed by atoms with Gasteiger partial charge < -0.3 is 9.64 Å². The Morgan fingerprint density at radius 1 is 1.03 bits per heavy atom. The molecule has 0 amide bonds. The molecular formula is C25H41NO3S. The zero-order valence-electron chi connectivity index (χ0n) is 19.6. The molecule has 3 rings (SSSR count). The van der Waals surface area contributed by atoms with Crippen molar-refractivity contribution < 1.29 is 13.2 Å². The lowest BCUT2D eigenvalue weighted by Gasteiger charge is -2.37. The average molecular weight is 436 g/mol. The Morgan fingerprint density at radius 2 is 1.63 bits per heavy atom. The van der Waals surface area contributed by atoms with Gasteiger partial charge in [-0.2, -0.15) is 0 Å². The van der Waals surface area contributed by atoms with Crippen molar-refractivity contribution in [2.45, 2.75) is 90.6 Å². The van der Waals surface area contributed by atoms with Gasteiger partial charge in [0.05, 0.1) is 23.2 Å². The number of aryl methyl sites for hydroxylation is 2. The Hall–Kier alpha value is -1.07. The number of rotatable bonds is 7. The third kappa shape index (κ3) is 6.23. The number of morpholine rings is 1. The Balaban J connectivity index is 1.49. The molecule has 0 radical (unpaired) electrons. The van der Waals surface area contributed by atoms with E-state index in [1.807, 2.05) is 0 Å². The number of sulfone groups is 1. The lowest BCUT2D eigenvalue weighted by molar-refractivity contribution is -0.00522. The fourth-order valence-electron chi connectivity index (χ4n) is 5.11. The van der Waals surface area contributed by atoms with E-state index in [0.29, 0.717) is 11.7 Å². The summed E-state index contributed by atoms with van der Waals surface area (Å²) < 4.78 is 30.3. The molecule has 0 spiro atoms. The van der Waals surface area contributed by atoms with Gasteiger partial charge in [-0.1, -0.05) is 18.9 Å². The van der Waals surface area contributed by atoms with E-state index in [-0.39, 0.29) is 17.5 Å². The van der Waals surface area contributed by atoms with Crippen LogP contribution in [0.15, 0.2) is 18.2 Å². The van der Waals surface area contributed by atoms with E-state index in [4.69, 9.17) is 4.74 Å². The molecular weight excluding hydrogens is 394 g/mol. The topological polar surface area (TPSA) is 46.6 Å². The third-order valence-electron chi connectivity index (χ3n) is 7.09. The van der Waals surface area contributed by atoms with E-state index < -0.39 is 9.84 Å². The number of benzene rings is 1. The molecule has 30 heavy (non-hydrogen) atoms. The second kappa shape index (κ2) is 10.0. The molecule has 4 nitrogen and oxygen atoms in total. The first kappa shape index (κ1) is 23.6. The van der Waals surface area contributed by atoms with E-state index in [0.717, 1.165) is 38.3 Å². The number of anilines is 1. The molecule has 1 heterocycles. The minimum absolute atomic E-state index is 0.245. The summed E-state index contributed by atoms with van der Waals surface area (Å²) >= 11 is 0. The first-order valence-electron chi connectivity index (χ1n) is 11.9. The van der Waals surface area contributed by atoms with Gasteiger partial charge in [0.25, 0.3) is 0 Å². The van der Waals surface area contributed by atoms with E-state index in [1.54, 1.807) is 13.8 Å². The maximum Gasteiger partial charge on any atom is 0.152 e. The molecule has 1 saturated heterocycles. The van der Waals surface area contributed by atoms with E-state index in [1.165, 1.54) is 36.1 Å². The molecule has 2 fully saturated rings. The molecule has 5 heteroatoms. The van der Waals surface area contributed by atoms with Crippen LogP contribution in [-0.2, 0) is 21.0 Å². The fourth-order valence-corrected chi connectivity index (χ4v) is 6.49. The molecule has 0 unspecified atom stereocenters. The van der Waals surface area contributed by atoms with E-state index in [2.05, 4.69) is 43.9 Å². The van der Waals surface area contributed by atoms with Gasteiger partial charge in [0.15, 0.2) is 9.84 Å². The van der Waals surface area contributed by atoms with Crippen LogP contribution in [0.2, 0.25) is 0 Å². The van der Waals surface area contributed by atoms with Crippen molar-refractivity contribution in [3.8, 4) is 0 Å². The number of hydrogen-bond acceptors (Lipinski definition) is 4. The second-order valence-corrected chi connectivity index (χ2v) is 12.7. The predicted molar refractivity (Wildman–Crippen MR) is 126 cm³/mol. The first-order valence-corrected chi connectivity index (χ1v) is 13.6. The predicted octanol–water partition coefficient (Wildman–Crippen LogP) is 5.17. The maximum absolute atomic E-state index is 12.2. The number of hydrogen-bond donors (Lipinski definition) is 0. The van der Waals surface area contributed by atoms with Crippen LogP contribution in [0.25, 0.3) is 0 Å². The highest BCUT2D eigenvalue weighted by atomic mass is 32.2. The van der Waals surface area contributed by atoms with Crippen molar-refractivity contribution >= 4 is 15.5 Å². The van der Waals surface area contributed by atoms with Crippen LogP contribution in [0.3, 0.4) is 0 Å². The lowest BCUT2D eigenvalue weighted by atomic mass is 9.80. The fraction of sp³-hybridized carbons (Fsp3) is 0.760. The second-order valence-electron chi connectivity index (χ2n) is 10.1. The van der Waals surface area contributed by atoms with Crippen LogP contribution in [-0.4, -0.2) is 44.7 Å². The lowest BCUT2D eigenvalue weighted by Crippen LogP contribution is -2.45. The summed E-state index contributed by atoms with van der Waals surface area (Å²) in [6.07, 6.45) is 7.40. The summed E-state index contributed by atoms with van der Waals surface area (Å²) in [6.45, 7) is 12.1. The third-order valence-corrected chi connectivity index (χ3v) is 9.46. The van der Waals surface area contributed by atoms with Crippen molar-refractivity contribution in [3.05, 3.63) is 29.3 Å². The van der Waals surface area contributed by atoms with Gasteiger partial charge in [0.2, 0.25) is 0 Å². The van der Waals surface area contributed by atoms with Crippen LogP contribution in [0.1, 0.15) is 70.9 Å². The van der Waals surface area contributed by atoms with Crippen molar-refractivity contribution in [3.63, 3.8) is 0 Å². The maximum atomic E-state index is 12.2. The first-order chi connectivity index (χ1) is 14.1. The summed E-state index contributed by atoms with van der Waals surface area (Å²) in [7, 11) is -2.91. The molecule has 1 aliphatic heterocycles. The standard InChI is InChI=1S/C25H41NO3S/c1-18(2)30(27,28)17-23-8-6-22(7-9-23)10-11-24-12-13-25(14-19(24)3)26-15-20(4)29-21(5)16-26/h12-14,18,20-23H,6-11,15-17H2,1-5H3/t20-,21+,22?,23?. The normalized spacial score (nSPS) is 28.1. The van der Waals surface area contributed by atoms with Crippen molar-refractivity contribution in [1.29, 1.82) is 0 Å². The molecule has 1 aromatic carbocycles. The molecule has 1 saturated carbocycles. The summed E-state index contributed by atoms with van der Waals surface area (Å²) in [5, 5.41) is -0.245. The zero-order valence-corrected chi connectivity index (χ0v) is 20.4. The Bertz CT molecular complexity index is 787. The number of ether oxygens (including phenoxy) is 1. The van der Waals surface area contributed by atoms with Gasteiger partial charge in [-0.25, -0.2) is 8.42 Å². The van der Waals surface area contributed by atoms with Gasteiger partial charge in [0, 0.05) is 18.8 Å². The van der Waals surface area contributed by atoms with Gasteiger partial charge in [-0.15, -0.1) is 0 Å². The highest BCUT2D eigenvalue weighted by molar-refractivity contribution is 7.91. The van der Waals surface area contributed by atoms with Crippen LogP contribution in [0.5, 0.6) is 0 Å². The summed E-state index contributed by atoms with van der Waals surface area (Å²) in [5.41, 5.74) is 4.15. The van der Waals surface area contributed by atoms with Gasteiger partial charge >= 0.3 is 0 Å². The summed E-state index contributed by atoms with van der Waals surface area (Å²) in [5.74, 6) is 1.49. The van der Waals surface area contributed by atoms with Crippen LogP contribution in [0.4, 0.5) is 5.69 Å². The largest absolute Gasteiger partial charge is 0.372 e. The van der Waals surface area contributed by atoms with Crippen molar-refractivity contribution in [2.75, 3.05) is 23.7 Å². The highest BCUT2D eigenvalue weighted by Gasteiger charge is 2.27. The van der Waals surface area contributed by atoms with Crippen molar-refractivity contribution in [1.82, 2.24) is 0 Å². The quantitative estimate of drug-likeness (QED) is 0.593. The number of nitrogens with zero attached hydrogens (tertiary/aromatic N) is 1. The highest BCUT2D eigenvalue weighted by Crippen LogP contribution is 2.33. The minimum atomic E-state index is -2.91. The molecule has 2 atom stereocenters. The summed E-state index contributed by atoms with van der Waals surface area (Å²) in [4.78, 5) is 2.45. The molecule has 1 aromatic rings. The Labute approximate surface area is 184 Å².